The Morgan fingerprint density at radius 1 is 1.54 bits per heavy atom. The highest BCUT2D eigenvalue weighted by Crippen LogP contribution is 2.22. The van der Waals surface area contributed by atoms with Gasteiger partial charge in [-0.15, -0.1) is 0 Å². The average Bonchev–Trinajstić information content (AvgIpc) is 2.16. The van der Waals surface area contributed by atoms with Crippen molar-refractivity contribution in [1.29, 1.82) is 0 Å². The van der Waals surface area contributed by atoms with E-state index in [1.54, 1.807) is 7.11 Å². The molecule has 0 saturated carbocycles. The maximum Gasteiger partial charge on any atom is 0.142 e. The van der Waals surface area contributed by atoms with Crippen LogP contribution in [-0.4, -0.2) is 12.9 Å². The summed E-state index contributed by atoms with van der Waals surface area (Å²) in [5.41, 5.74) is 7.39. The highest BCUT2D eigenvalue weighted by Gasteiger charge is 1.97. The Bertz CT molecular complexity index is 310. The Morgan fingerprint density at radius 2 is 2.31 bits per heavy atom. The highest BCUT2D eigenvalue weighted by atomic mass is 32.1. The van der Waals surface area contributed by atoms with Crippen LogP contribution in [0.2, 0.25) is 0 Å². The molecule has 0 aliphatic carbocycles. The Balaban J connectivity index is 2.92. The smallest absolute Gasteiger partial charge is 0.142 e. The van der Waals surface area contributed by atoms with Gasteiger partial charge in [0, 0.05) is 5.75 Å². The van der Waals surface area contributed by atoms with E-state index in [9.17, 15) is 0 Å². The Morgan fingerprint density at radius 3 is 2.92 bits per heavy atom. The van der Waals surface area contributed by atoms with Crippen LogP contribution in [0.15, 0.2) is 24.3 Å². The lowest BCUT2D eigenvalue weighted by atomic mass is 10.2. The Kier molecular flexibility index (Phi) is 3.71. The minimum Gasteiger partial charge on any atom is -0.495 e. The first-order valence-corrected chi connectivity index (χ1v) is 4.62. The summed E-state index contributed by atoms with van der Waals surface area (Å²) >= 11 is 4.08. The van der Waals surface area contributed by atoms with Gasteiger partial charge in [0.15, 0.2) is 0 Å². The van der Waals surface area contributed by atoms with Gasteiger partial charge in [-0.1, -0.05) is 18.2 Å². The minimum absolute atomic E-state index is 0.658. The molecule has 2 nitrogen and oxygen atoms in total. The van der Waals surface area contributed by atoms with Crippen molar-refractivity contribution >= 4 is 24.4 Å². The fourth-order valence-corrected chi connectivity index (χ4v) is 1.13. The van der Waals surface area contributed by atoms with Gasteiger partial charge in [-0.25, -0.2) is 0 Å². The van der Waals surface area contributed by atoms with E-state index in [1.807, 2.05) is 30.4 Å². The molecular formula is C10H13NOS. The van der Waals surface area contributed by atoms with Crippen molar-refractivity contribution in [2.45, 2.75) is 0 Å². The quantitative estimate of drug-likeness (QED) is 0.573. The summed E-state index contributed by atoms with van der Waals surface area (Å²) in [4.78, 5) is 0. The van der Waals surface area contributed by atoms with Gasteiger partial charge in [-0.2, -0.15) is 12.6 Å². The molecule has 0 radical (unpaired) electrons. The third-order valence-electron chi connectivity index (χ3n) is 1.67. The topological polar surface area (TPSA) is 35.2 Å². The number of thiol groups is 1. The number of anilines is 1. The molecule has 0 bridgehead atoms. The van der Waals surface area contributed by atoms with Crippen molar-refractivity contribution < 1.29 is 4.74 Å². The fourth-order valence-electron chi connectivity index (χ4n) is 1.02. The van der Waals surface area contributed by atoms with Gasteiger partial charge >= 0.3 is 0 Å². The predicted molar refractivity (Wildman–Crippen MR) is 60.3 cm³/mol. The van der Waals surface area contributed by atoms with Gasteiger partial charge in [0.25, 0.3) is 0 Å². The number of methoxy groups -OCH3 is 1. The summed E-state index contributed by atoms with van der Waals surface area (Å²) in [5, 5.41) is 0. The second kappa shape index (κ2) is 4.82. The Labute approximate surface area is 83.8 Å². The molecule has 0 heterocycles. The van der Waals surface area contributed by atoms with E-state index in [0.717, 1.165) is 11.3 Å². The maximum atomic E-state index is 5.66. The number of nitrogen functional groups attached to an aromatic ring is 1. The third kappa shape index (κ3) is 2.70. The molecule has 0 aliphatic heterocycles. The Hall–Kier alpha value is -1.09. The zero-order valence-electron chi connectivity index (χ0n) is 7.53. The van der Waals surface area contributed by atoms with E-state index in [0.29, 0.717) is 11.4 Å². The molecule has 70 valence electrons. The van der Waals surface area contributed by atoms with Gasteiger partial charge < -0.3 is 10.5 Å². The average molecular weight is 195 g/mol. The monoisotopic (exact) mass is 195 g/mol. The molecule has 0 spiro atoms. The largest absolute Gasteiger partial charge is 0.495 e. The van der Waals surface area contributed by atoms with Crippen molar-refractivity contribution in [3.05, 3.63) is 29.8 Å². The summed E-state index contributed by atoms with van der Waals surface area (Å²) in [7, 11) is 1.61. The van der Waals surface area contributed by atoms with Crippen LogP contribution in [0.25, 0.3) is 6.08 Å². The lowest BCUT2D eigenvalue weighted by Crippen LogP contribution is -1.91. The second-order valence-electron chi connectivity index (χ2n) is 2.59. The standard InChI is InChI=1S/C10H13NOS/c1-12-10-7-8(3-2-6-13)4-5-9(10)11/h2-5,7,13H,6,11H2,1H3. The minimum atomic E-state index is 0.658. The normalized spacial score (nSPS) is 10.6. The lowest BCUT2D eigenvalue weighted by Gasteiger charge is -2.04. The molecule has 3 heteroatoms. The van der Waals surface area contributed by atoms with Crippen LogP contribution in [0.3, 0.4) is 0 Å². The molecule has 0 atom stereocenters. The zero-order chi connectivity index (χ0) is 9.68. The first-order chi connectivity index (χ1) is 6.27. The molecule has 0 unspecified atom stereocenters. The number of hydrogen-bond acceptors (Lipinski definition) is 3. The van der Waals surface area contributed by atoms with Crippen molar-refractivity contribution in [3.8, 4) is 5.75 Å². The molecule has 0 aromatic heterocycles. The number of rotatable bonds is 3. The molecule has 2 N–H and O–H groups in total. The van der Waals surface area contributed by atoms with Crippen molar-refractivity contribution in [3.63, 3.8) is 0 Å². The van der Waals surface area contributed by atoms with Crippen LogP contribution in [0.5, 0.6) is 5.75 Å². The molecular weight excluding hydrogens is 182 g/mol. The van der Waals surface area contributed by atoms with E-state index in [4.69, 9.17) is 10.5 Å². The second-order valence-corrected chi connectivity index (χ2v) is 2.95. The molecule has 1 aromatic carbocycles. The molecule has 13 heavy (non-hydrogen) atoms. The lowest BCUT2D eigenvalue weighted by molar-refractivity contribution is 0.417. The van der Waals surface area contributed by atoms with Gasteiger partial charge in [0.1, 0.15) is 5.75 Å². The number of benzene rings is 1. The van der Waals surface area contributed by atoms with E-state index < -0.39 is 0 Å². The highest BCUT2D eigenvalue weighted by molar-refractivity contribution is 7.80. The molecule has 0 aliphatic rings. The molecule has 0 saturated heterocycles. The fraction of sp³-hybridized carbons (Fsp3) is 0.200. The molecule has 0 amide bonds. The van der Waals surface area contributed by atoms with Gasteiger partial charge in [0.05, 0.1) is 12.8 Å². The van der Waals surface area contributed by atoms with Gasteiger partial charge in [0.2, 0.25) is 0 Å². The number of hydrogen-bond donors (Lipinski definition) is 2. The first-order valence-electron chi connectivity index (χ1n) is 3.99. The SMILES string of the molecule is COc1cc(C=CCS)ccc1N. The van der Waals surface area contributed by atoms with Crippen LogP contribution in [0.1, 0.15) is 5.56 Å². The molecule has 0 fully saturated rings. The van der Waals surface area contributed by atoms with Crippen molar-refractivity contribution in [1.82, 2.24) is 0 Å². The summed E-state index contributed by atoms with van der Waals surface area (Å²) < 4.78 is 5.09. The maximum absolute atomic E-state index is 5.66. The van der Waals surface area contributed by atoms with Crippen LogP contribution in [0, 0.1) is 0 Å². The molecule has 1 rings (SSSR count). The summed E-state index contributed by atoms with van der Waals surface area (Å²) in [5.74, 6) is 1.44. The van der Waals surface area contributed by atoms with Crippen LogP contribution in [0.4, 0.5) is 5.69 Å². The van der Waals surface area contributed by atoms with Gasteiger partial charge in [-0.3, -0.25) is 0 Å². The number of nitrogens with two attached hydrogens (primary N) is 1. The van der Waals surface area contributed by atoms with E-state index in [1.165, 1.54) is 0 Å². The van der Waals surface area contributed by atoms with E-state index in [2.05, 4.69) is 12.6 Å². The summed E-state index contributed by atoms with van der Waals surface area (Å²) in [6.45, 7) is 0. The third-order valence-corrected chi connectivity index (χ3v) is 1.88. The molecule has 1 aromatic rings. The van der Waals surface area contributed by atoms with E-state index >= 15 is 0 Å². The number of ether oxygens (including phenoxy) is 1. The van der Waals surface area contributed by atoms with Crippen molar-refractivity contribution in [2.75, 3.05) is 18.6 Å². The van der Waals surface area contributed by atoms with Crippen molar-refractivity contribution in [2.24, 2.45) is 0 Å². The van der Waals surface area contributed by atoms with Crippen LogP contribution in [-0.2, 0) is 0 Å². The first kappa shape index (κ1) is 9.99. The predicted octanol–water partition coefficient (Wildman–Crippen LogP) is 2.22. The summed E-state index contributed by atoms with van der Waals surface area (Å²) in [6.07, 6.45) is 3.95. The zero-order valence-corrected chi connectivity index (χ0v) is 8.42. The van der Waals surface area contributed by atoms with Gasteiger partial charge in [-0.05, 0) is 17.7 Å². The van der Waals surface area contributed by atoms with E-state index in [-0.39, 0.29) is 0 Å². The summed E-state index contributed by atoms with van der Waals surface area (Å²) in [6, 6.07) is 5.67. The van der Waals surface area contributed by atoms with Crippen LogP contribution >= 0.6 is 12.6 Å². The van der Waals surface area contributed by atoms with Crippen LogP contribution < -0.4 is 10.5 Å².